The van der Waals surface area contributed by atoms with E-state index in [2.05, 4.69) is 40.2 Å². The highest BCUT2D eigenvalue weighted by Gasteiger charge is 2.10. The van der Waals surface area contributed by atoms with Gasteiger partial charge in [0.05, 0.1) is 11.2 Å². The Kier molecular flexibility index (Phi) is 5.55. The molecular formula is C23H18BrN3O2. The highest BCUT2D eigenvalue weighted by molar-refractivity contribution is 9.10. The van der Waals surface area contributed by atoms with Crippen molar-refractivity contribution < 1.29 is 9.53 Å². The van der Waals surface area contributed by atoms with Crippen LogP contribution in [-0.2, 0) is 4.79 Å². The van der Waals surface area contributed by atoms with Gasteiger partial charge in [0.15, 0.2) is 6.61 Å². The largest absolute Gasteiger partial charge is 0.484 e. The van der Waals surface area contributed by atoms with E-state index in [1.165, 1.54) is 0 Å². The summed E-state index contributed by atoms with van der Waals surface area (Å²) >= 11 is 3.56. The first-order valence-electron chi connectivity index (χ1n) is 9.02. The number of nitrogens with one attached hydrogen (secondary N) is 1. The van der Waals surface area contributed by atoms with Gasteiger partial charge in [0.25, 0.3) is 5.91 Å². The van der Waals surface area contributed by atoms with Crippen LogP contribution in [0.5, 0.6) is 5.75 Å². The van der Waals surface area contributed by atoms with Crippen LogP contribution in [0.2, 0.25) is 0 Å². The molecule has 0 atom stereocenters. The van der Waals surface area contributed by atoms with E-state index >= 15 is 0 Å². The maximum absolute atomic E-state index is 11.2. The summed E-state index contributed by atoms with van der Waals surface area (Å²) in [6, 6.07) is 25.9. The number of aromatic nitrogens is 1. The smallest absolute Gasteiger partial charge is 0.271 e. The Labute approximate surface area is 176 Å². The summed E-state index contributed by atoms with van der Waals surface area (Å²) in [5, 5.41) is 1.09. The molecule has 0 spiro atoms. The number of carbonyl (C=O) groups excluding carboxylic acids is 1. The van der Waals surface area contributed by atoms with Crippen molar-refractivity contribution in [2.75, 3.05) is 6.61 Å². The molecule has 0 unspecified atom stereocenters. The monoisotopic (exact) mass is 447 g/mol. The number of hydrazine groups is 1. The van der Waals surface area contributed by atoms with Crippen LogP contribution in [0.4, 0.5) is 0 Å². The van der Waals surface area contributed by atoms with Gasteiger partial charge in [-0.05, 0) is 59.7 Å². The van der Waals surface area contributed by atoms with E-state index in [4.69, 9.17) is 15.6 Å². The summed E-state index contributed by atoms with van der Waals surface area (Å²) in [5.41, 5.74) is 7.03. The Morgan fingerprint density at radius 1 is 0.966 bits per heavy atom. The second-order valence-corrected chi connectivity index (χ2v) is 7.38. The summed E-state index contributed by atoms with van der Waals surface area (Å²) in [7, 11) is 0. The zero-order valence-electron chi connectivity index (χ0n) is 15.4. The lowest BCUT2D eigenvalue weighted by molar-refractivity contribution is -0.123. The molecule has 1 heterocycles. The molecule has 0 saturated heterocycles. The van der Waals surface area contributed by atoms with E-state index in [-0.39, 0.29) is 12.5 Å². The highest BCUT2D eigenvalue weighted by Crippen LogP contribution is 2.33. The Hall–Kier alpha value is -3.22. The summed E-state index contributed by atoms with van der Waals surface area (Å²) in [4.78, 5) is 16.1. The average Bonchev–Trinajstić information content (AvgIpc) is 2.77. The number of hydrogen-bond acceptors (Lipinski definition) is 4. The molecule has 6 heteroatoms. The third kappa shape index (κ3) is 4.29. The number of carbonyl (C=O) groups is 1. The molecule has 3 N–H and O–H groups in total. The van der Waals surface area contributed by atoms with E-state index in [9.17, 15) is 4.79 Å². The van der Waals surface area contributed by atoms with Gasteiger partial charge in [-0.1, -0.05) is 46.3 Å². The Balaban J connectivity index is 1.75. The Morgan fingerprint density at radius 3 is 2.45 bits per heavy atom. The van der Waals surface area contributed by atoms with Gasteiger partial charge in [-0.15, -0.1) is 0 Å². The van der Waals surface area contributed by atoms with Crippen molar-refractivity contribution in [1.82, 2.24) is 10.4 Å². The molecule has 0 aliphatic carbocycles. The van der Waals surface area contributed by atoms with Crippen LogP contribution < -0.4 is 16.0 Å². The second kappa shape index (κ2) is 8.43. The minimum Gasteiger partial charge on any atom is -0.484 e. The van der Waals surface area contributed by atoms with Gasteiger partial charge in [-0.25, -0.2) is 10.8 Å². The van der Waals surface area contributed by atoms with Crippen LogP contribution in [0.15, 0.2) is 83.3 Å². The molecule has 0 bridgehead atoms. The zero-order valence-corrected chi connectivity index (χ0v) is 17.0. The van der Waals surface area contributed by atoms with E-state index in [1.807, 2.05) is 60.0 Å². The third-order valence-corrected chi connectivity index (χ3v) is 5.03. The van der Waals surface area contributed by atoms with Gasteiger partial charge < -0.3 is 4.74 Å². The summed E-state index contributed by atoms with van der Waals surface area (Å²) in [6.45, 7) is -0.128. The van der Waals surface area contributed by atoms with Crippen molar-refractivity contribution in [1.29, 1.82) is 0 Å². The van der Waals surface area contributed by atoms with E-state index < -0.39 is 0 Å². The number of nitrogens with two attached hydrogens (primary N) is 1. The number of rotatable bonds is 5. The SMILES string of the molecule is NNC(=O)COc1ccc(-c2cc(-c3ccccc3)c3cc(Br)ccc3n2)cc1. The number of pyridine rings is 1. The van der Waals surface area contributed by atoms with Crippen LogP contribution >= 0.6 is 15.9 Å². The number of fused-ring (bicyclic) bond motifs is 1. The molecule has 0 aliphatic rings. The number of benzene rings is 3. The Bertz CT molecular complexity index is 1160. The summed E-state index contributed by atoms with van der Waals surface area (Å²) in [6.07, 6.45) is 0. The van der Waals surface area contributed by atoms with E-state index in [0.29, 0.717) is 5.75 Å². The number of amides is 1. The van der Waals surface area contributed by atoms with Crippen LogP contribution in [-0.4, -0.2) is 17.5 Å². The fraction of sp³-hybridized carbons (Fsp3) is 0.0435. The lowest BCUT2D eigenvalue weighted by Gasteiger charge is -2.11. The first kappa shape index (κ1) is 19.1. The lowest BCUT2D eigenvalue weighted by atomic mass is 9.98. The van der Waals surface area contributed by atoms with Crippen molar-refractivity contribution in [3.05, 3.63) is 83.3 Å². The van der Waals surface area contributed by atoms with E-state index in [0.717, 1.165) is 37.8 Å². The van der Waals surface area contributed by atoms with Crippen molar-refractivity contribution >= 4 is 32.7 Å². The minimum absolute atomic E-state index is 0.128. The molecule has 144 valence electrons. The van der Waals surface area contributed by atoms with Crippen LogP contribution in [0.3, 0.4) is 0 Å². The molecule has 29 heavy (non-hydrogen) atoms. The average molecular weight is 448 g/mol. The molecule has 0 fully saturated rings. The minimum atomic E-state index is -0.385. The van der Waals surface area contributed by atoms with Crippen molar-refractivity contribution in [3.8, 4) is 28.1 Å². The number of halogens is 1. The molecule has 5 nitrogen and oxygen atoms in total. The van der Waals surface area contributed by atoms with Gasteiger partial charge >= 0.3 is 0 Å². The first-order valence-corrected chi connectivity index (χ1v) is 9.82. The van der Waals surface area contributed by atoms with Gasteiger partial charge in [0.2, 0.25) is 0 Å². The van der Waals surface area contributed by atoms with Gasteiger partial charge in [0.1, 0.15) is 5.75 Å². The van der Waals surface area contributed by atoms with Crippen LogP contribution in [0.1, 0.15) is 0 Å². The highest BCUT2D eigenvalue weighted by atomic mass is 79.9. The van der Waals surface area contributed by atoms with Crippen LogP contribution in [0, 0.1) is 0 Å². The predicted molar refractivity (Wildman–Crippen MR) is 118 cm³/mol. The quantitative estimate of drug-likeness (QED) is 0.264. The normalized spacial score (nSPS) is 10.7. The molecular weight excluding hydrogens is 430 g/mol. The standard InChI is InChI=1S/C23H18BrN3O2/c24-17-8-11-21-20(12-17)19(15-4-2-1-3-5-15)13-22(26-21)16-6-9-18(10-7-16)29-14-23(28)27-25/h1-13H,14,25H2,(H,27,28). The topological polar surface area (TPSA) is 77.2 Å². The second-order valence-electron chi connectivity index (χ2n) is 6.46. The number of nitrogens with zero attached hydrogens (tertiary/aromatic N) is 1. The number of ether oxygens (including phenoxy) is 1. The molecule has 0 radical (unpaired) electrons. The maximum Gasteiger partial charge on any atom is 0.271 e. The van der Waals surface area contributed by atoms with Crippen molar-refractivity contribution in [2.45, 2.75) is 0 Å². The lowest BCUT2D eigenvalue weighted by Crippen LogP contribution is -2.34. The van der Waals surface area contributed by atoms with Crippen molar-refractivity contribution in [2.24, 2.45) is 5.84 Å². The first-order chi connectivity index (χ1) is 14.1. The molecule has 4 rings (SSSR count). The molecule has 0 aliphatic heterocycles. The number of hydrogen-bond donors (Lipinski definition) is 2. The molecule has 0 saturated carbocycles. The molecule has 1 amide bonds. The van der Waals surface area contributed by atoms with Gasteiger partial charge in [-0.3, -0.25) is 10.2 Å². The third-order valence-electron chi connectivity index (χ3n) is 4.54. The zero-order chi connectivity index (χ0) is 20.2. The van der Waals surface area contributed by atoms with Gasteiger partial charge in [0, 0.05) is 15.4 Å². The van der Waals surface area contributed by atoms with E-state index in [1.54, 1.807) is 0 Å². The van der Waals surface area contributed by atoms with Gasteiger partial charge in [-0.2, -0.15) is 0 Å². The maximum atomic E-state index is 11.2. The molecule has 3 aromatic carbocycles. The Morgan fingerprint density at radius 2 is 1.72 bits per heavy atom. The van der Waals surface area contributed by atoms with Crippen molar-refractivity contribution in [3.63, 3.8) is 0 Å². The summed E-state index contributed by atoms with van der Waals surface area (Å²) < 4.78 is 6.42. The predicted octanol–water partition coefficient (Wildman–Crippen LogP) is 4.70. The van der Waals surface area contributed by atoms with Crippen LogP contribution in [0.25, 0.3) is 33.3 Å². The molecule has 1 aromatic heterocycles. The summed E-state index contributed by atoms with van der Waals surface area (Å²) in [5.74, 6) is 5.27. The fourth-order valence-corrected chi connectivity index (χ4v) is 3.48. The molecule has 4 aromatic rings. The fourth-order valence-electron chi connectivity index (χ4n) is 3.11.